The molecule has 0 saturated heterocycles. The van der Waals surface area contributed by atoms with E-state index in [1.165, 1.54) is 0 Å². The summed E-state index contributed by atoms with van der Waals surface area (Å²) in [7, 11) is 0. The normalized spacial score (nSPS) is 7.40. The Bertz CT molecular complexity index is 153. The van der Waals surface area contributed by atoms with E-state index >= 15 is 0 Å². The zero-order chi connectivity index (χ0) is 5.98. The van der Waals surface area contributed by atoms with Crippen molar-refractivity contribution in [3.8, 4) is 0 Å². The maximum atomic E-state index is 3.84. The molecule has 0 amide bonds. The van der Waals surface area contributed by atoms with E-state index in [-0.39, 0.29) is 65.4 Å². The zero-order valence-corrected chi connectivity index (χ0v) is 11.7. The quantitative estimate of drug-likeness (QED) is 0.655. The topological polar surface area (TPSA) is 25.8 Å². The Morgan fingerprint density at radius 1 is 0.900 bits per heavy atom. The third-order valence-electron chi connectivity index (χ3n) is 0.771. The van der Waals surface area contributed by atoms with E-state index < -0.39 is 0 Å². The maximum absolute atomic E-state index is 3.84. The van der Waals surface area contributed by atoms with Crippen molar-refractivity contribution in [2.75, 3.05) is 0 Å². The molecule has 1 aromatic heterocycles. The molecule has 4 heteroatoms. The summed E-state index contributed by atoms with van der Waals surface area (Å²) in [6.45, 7) is 3.67. The van der Waals surface area contributed by atoms with Gasteiger partial charge in [0.05, 0.1) is 0 Å². The molecular weight excluding hydrogens is 278 g/mol. The molecule has 0 saturated carbocycles. The average Bonchev–Trinajstić information content (AvgIpc) is 1.77. The van der Waals surface area contributed by atoms with Crippen LogP contribution in [0.25, 0.3) is 0 Å². The molecule has 0 bridgehead atoms. The van der Waals surface area contributed by atoms with Gasteiger partial charge in [-0.25, -0.2) is 12.4 Å². The Balaban J connectivity index is 0. The van der Waals surface area contributed by atoms with E-state index in [9.17, 15) is 0 Å². The first-order valence-electron chi connectivity index (χ1n) is 2.39. The largest absolute Gasteiger partial charge is 0.492 e. The third-order valence-corrected chi connectivity index (χ3v) is 0.771. The minimum absolute atomic E-state index is 0. The molecule has 1 rings (SSSR count). The van der Waals surface area contributed by atoms with Gasteiger partial charge in [-0.3, -0.25) is 0 Å². The van der Waals surface area contributed by atoms with Crippen molar-refractivity contribution >= 4 is 0 Å². The van der Waals surface area contributed by atoms with Gasteiger partial charge >= 0.3 is 0 Å². The fourth-order valence-electron chi connectivity index (χ4n) is 0.380. The van der Waals surface area contributed by atoms with Crippen LogP contribution in [0.2, 0.25) is 0 Å². The van der Waals surface area contributed by atoms with Crippen molar-refractivity contribution in [3.05, 3.63) is 23.8 Å². The summed E-state index contributed by atoms with van der Waals surface area (Å²) in [5.74, 6) is 0. The monoisotopic (exact) mass is 284 g/mol. The van der Waals surface area contributed by atoms with Gasteiger partial charge in [0.1, 0.15) is 0 Å². The number of aromatic nitrogens is 2. The van der Waals surface area contributed by atoms with Crippen molar-refractivity contribution in [2.24, 2.45) is 0 Å². The molecule has 0 aliphatic carbocycles. The van der Waals surface area contributed by atoms with Crippen LogP contribution in [0.15, 0.2) is 0 Å². The van der Waals surface area contributed by atoms with Gasteiger partial charge in [0.15, 0.2) is 0 Å². The third kappa shape index (κ3) is 5.01. The van der Waals surface area contributed by atoms with Crippen LogP contribution in [-0.2, 0) is 65.4 Å². The molecule has 0 aliphatic rings. The van der Waals surface area contributed by atoms with Crippen molar-refractivity contribution in [3.63, 3.8) is 0 Å². The van der Waals surface area contributed by atoms with E-state index in [4.69, 9.17) is 0 Å². The van der Waals surface area contributed by atoms with Crippen LogP contribution in [0.1, 0.15) is 11.4 Å². The fourth-order valence-corrected chi connectivity index (χ4v) is 0.380. The first-order chi connectivity index (χ1) is 3.79. The van der Waals surface area contributed by atoms with Crippen molar-refractivity contribution in [2.45, 2.75) is 13.8 Å². The Morgan fingerprint density at radius 2 is 1.20 bits per heavy atom. The number of hydrogen-bond acceptors (Lipinski definition) is 2. The number of nitrogens with zero attached hydrogens (tertiary/aromatic N) is 2. The summed E-state index contributed by atoms with van der Waals surface area (Å²) in [4.78, 5) is 7.67. The van der Waals surface area contributed by atoms with E-state index in [0.717, 1.165) is 11.4 Å². The standard InChI is InChI=1S/C6H6N2.2Y/c1-5-3-8-6(2)4-7-5;;/h1-2H3;;/q-2;;. The first kappa shape index (κ1) is 13.8. The number of aryl methyl sites for hydroxylation is 2. The SMILES string of the molecule is Cc1[c-]nc(C)[c-]n1.[Y].[Y]. The summed E-state index contributed by atoms with van der Waals surface area (Å²) < 4.78 is 0. The molecule has 2 nitrogen and oxygen atoms in total. The molecule has 1 aromatic rings. The van der Waals surface area contributed by atoms with E-state index in [1.54, 1.807) is 0 Å². The molecule has 48 valence electrons. The second-order valence-electron chi connectivity index (χ2n) is 1.62. The van der Waals surface area contributed by atoms with Gasteiger partial charge in [-0.05, 0) is 0 Å². The molecular formula is C6H6N2Y2-2. The Kier molecular flexibility index (Phi) is 9.65. The molecule has 10 heavy (non-hydrogen) atoms. The number of hydrogen-bond donors (Lipinski definition) is 0. The van der Waals surface area contributed by atoms with Gasteiger partial charge in [0.25, 0.3) is 0 Å². The van der Waals surface area contributed by atoms with Gasteiger partial charge in [0.2, 0.25) is 0 Å². The summed E-state index contributed by atoms with van der Waals surface area (Å²) in [5, 5.41) is 0. The van der Waals surface area contributed by atoms with Gasteiger partial charge in [-0.1, -0.05) is 0 Å². The molecule has 0 fully saturated rings. The summed E-state index contributed by atoms with van der Waals surface area (Å²) in [5.41, 5.74) is 1.58. The van der Waals surface area contributed by atoms with Crippen LogP contribution < -0.4 is 0 Å². The predicted octanol–water partition coefficient (Wildman–Crippen LogP) is 0.689. The zero-order valence-electron chi connectivity index (χ0n) is 6.05. The van der Waals surface area contributed by atoms with Crippen LogP contribution in [0, 0.1) is 26.2 Å². The summed E-state index contributed by atoms with van der Waals surface area (Å²) >= 11 is 0. The van der Waals surface area contributed by atoms with Gasteiger partial charge in [-0.2, -0.15) is 11.4 Å². The molecule has 0 atom stereocenters. The molecule has 0 aromatic carbocycles. The molecule has 0 N–H and O–H groups in total. The predicted molar refractivity (Wildman–Crippen MR) is 29.2 cm³/mol. The van der Waals surface area contributed by atoms with Crippen molar-refractivity contribution in [1.82, 2.24) is 9.97 Å². The van der Waals surface area contributed by atoms with Gasteiger partial charge in [-0.15, -0.1) is 13.8 Å². The van der Waals surface area contributed by atoms with Gasteiger partial charge in [0, 0.05) is 65.4 Å². The van der Waals surface area contributed by atoms with Gasteiger partial charge < -0.3 is 9.97 Å². The maximum Gasteiger partial charge on any atom is 0 e. The van der Waals surface area contributed by atoms with E-state index in [0.29, 0.717) is 0 Å². The second-order valence-corrected chi connectivity index (χ2v) is 1.62. The number of rotatable bonds is 0. The van der Waals surface area contributed by atoms with E-state index in [1.807, 2.05) is 13.8 Å². The summed E-state index contributed by atoms with van der Waals surface area (Å²) in [6.07, 6.45) is 5.41. The van der Waals surface area contributed by atoms with Crippen molar-refractivity contribution < 1.29 is 65.4 Å². The Morgan fingerprint density at radius 3 is 1.40 bits per heavy atom. The molecule has 0 aliphatic heterocycles. The van der Waals surface area contributed by atoms with Crippen LogP contribution in [0.3, 0.4) is 0 Å². The molecule has 2 radical (unpaired) electrons. The molecule has 1 heterocycles. The fraction of sp³-hybridized carbons (Fsp3) is 0.333. The first-order valence-corrected chi connectivity index (χ1v) is 2.39. The van der Waals surface area contributed by atoms with Crippen LogP contribution in [-0.4, -0.2) is 9.97 Å². The minimum atomic E-state index is 0. The Hall–Kier alpha value is 1.29. The Labute approximate surface area is 111 Å². The van der Waals surface area contributed by atoms with Crippen LogP contribution in [0.5, 0.6) is 0 Å². The molecule has 0 spiro atoms. The summed E-state index contributed by atoms with van der Waals surface area (Å²) in [6, 6.07) is 0. The second kappa shape index (κ2) is 6.97. The molecule has 0 unspecified atom stereocenters. The minimum Gasteiger partial charge on any atom is -0.492 e. The van der Waals surface area contributed by atoms with Crippen LogP contribution >= 0.6 is 0 Å². The smallest absolute Gasteiger partial charge is 0 e. The van der Waals surface area contributed by atoms with E-state index in [2.05, 4.69) is 22.4 Å². The van der Waals surface area contributed by atoms with Crippen LogP contribution in [0.4, 0.5) is 0 Å². The van der Waals surface area contributed by atoms with Crippen molar-refractivity contribution in [1.29, 1.82) is 0 Å². The average molecular weight is 284 g/mol.